The van der Waals surface area contributed by atoms with Crippen LogP contribution in [0.4, 0.5) is 0 Å². The van der Waals surface area contributed by atoms with Crippen LogP contribution in [0, 0.1) is 5.92 Å². The first-order chi connectivity index (χ1) is 13.4. The van der Waals surface area contributed by atoms with Crippen molar-refractivity contribution in [2.24, 2.45) is 5.92 Å². The second kappa shape index (κ2) is 7.91. The first-order valence-corrected chi connectivity index (χ1v) is 11.5. The highest BCUT2D eigenvalue weighted by atomic mass is 35.5. The number of nitrogens with zero attached hydrogens (tertiary/aromatic N) is 2. The SMILES string of the molecule is O=C(C1CCN(S(=O)(=O)c2ccc(Cl)cc2)CC1)N1CCC2(CC1)OCCO2. The summed E-state index contributed by atoms with van der Waals surface area (Å²) in [6.07, 6.45) is 2.48. The van der Waals surface area contributed by atoms with Gasteiger partial charge in [0.2, 0.25) is 15.9 Å². The zero-order valence-corrected chi connectivity index (χ0v) is 17.3. The van der Waals surface area contributed by atoms with Crippen molar-refractivity contribution in [3.8, 4) is 0 Å². The fourth-order valence-corrected chi connectivity index (χ4v) is 5.81. The molecule has 1 aromatic rings. The molecule has 0 aliphatic carbocycles. The van der Waals surface area contributed by atoms with Gasteiger partial charge in [-0.1, -0.05) is 11.6 Å². The topological polar surface area (TPSA) is 76.2 Å². The van der Waals surface area contributed by atoms with Crippen molar-refractivity contribution in [1.82, 2.24) is 9.21 Å². The van der Waals surface area contributed by atoms with Gasteiger partial charge in [0, 0.05) is 50.0 Å². The van der Waals surface area contributed by atoms with Crippen molar-refractivity contribution in [2.45, 2.75) is 36.4 Å². The minimum atomic E-state index is -3.55. The number of hydrogen-bond donors (Lipinski definition) is 0. The molecular formula is C19H25ClN2O5S. The van der Waals surface area contributed by atoms with Crippen LogP contribution in [0.2, 0.25) is 5.02 Å². The molecule has 154 valence electrons. The van der Waals surface area contributed by atoms with Gasteiger partial charge >= 0.3 is 0 Å². The average Bonchev–Trinajstić information content (AvgIpc) is 3.16. The van der Waals surface area contributed by atoms with Crippen molar-refractivity contribution in [3.63, 3.8) is 0 Å². The molecule has 4 rings (SSSR count). The summed E-state index contributed by atoms with van der Waals surface area (Å²) in [7, 11) is -3.55. The van der Waals surface area contributed by atoms with Gasteiger partial charge in [-0.2, -0.15) is 4.31 Å². The maximum atomic E-state index is 12.9. The third kappa shape index (κ3) is 3.93. The van der Waals surface area contributed by atoms with Gasteiger partial charge in [0.25, 0.3) is 0 Å². The Bertz CT molecular complexity index is 805. The molecule has 0 saturated carbocycles. The van der Waals surface area contributed by atoms with Crippen LogP contribution in [-0.4, -0.2) is 68.7 Å². The molecule has 1 aromatic carbocycles. The highest BCUT2D eigenvalue weighted by molar-refractivity contribution is 7.89. The lowest BCUT2D eigenvalue weighted by molar-refractivity contribution is -0.188. The number of sulfonamides is 1. The van der Waals surface area contributed by atoms with Crippen LogP contribution < -0.4 is 0 Å². The van der Waals surface area contributed by atoms with Gasteiger partial charge in [-0.05, 0) is 37.1 Å². The first-order valence-electron chi connectivity index (χ1n) is 9.72. The predicted octanol–water partition coefficient (Wildman–Crippen LogP) is 2.11. The molecule has 3 aliphatic heterocycles. The molecule has 28 heavy (non-hydrogen) atoms. The lowest BCUT2D eigenvalue weighted by Gasteiger charge is -2.40. The standard InChI is InChI=1S/C19H25ClN2O5S/c20-16-1-3-17(4-2-16)28(24,25)22-9-5-15(6-10-22)18(23)21-11-7-19(8-12-21)26-13-14-27-19/h1-4,15H,5-14H2. The fourth-order valence-electron chi connectivity index (χ4n) is 4.21. The Morgan fingerprint density at radius 1 is 1.00 bits per heavy atom. The van der Waals surface area contributed by atoms with Crippen molar-refractivity contribution >= 4 is 27.5 Å². The van der Waals surface area contributed by atoms with Crippen molar-refractivity contribution < 1.29 is 22.7 Å². The van der Waals surface area contributed by atoms with E-state index in [1.807, 2.05) is 4.90 Å². The lowest BCUT2D eigenvalue weighted by Crippen LogP contribution is -2.50. The highest BCUT2D eigenvalue weighted by Crippen LogP contribution is 2.33. The minimum absolute atomic E-state index is 0.122. The first kappa shape index (κ1) is 20.1. The van der Waals surface area contributed by atoms with Crippen molar-refractivity contribution in [3.05, 3.63) is 29.3 Å². The van der Waals surface area contributed by atoms with Crippen LogP contribution in [0.3, 0.4) is 0 Å². The molecule has 0 radical (unpaired) electrons. The number of ether oxygens (including phenoxy) is 2. The summed E-state index contributed by atoms with van der Waals surface area (Å²) in [6, 6.07) is 6.19. The summed E-state index contributed by atoms with van der Waals surface area (Å²) in [4.78, 5) is 15.0. The number of likely N-dealkylation sites (tertiary alicyclic amines) is 1. The van der Waals surface area contributed by atoms with E-state index in [0.29, 0.717) is 70.1 Å². The molecular weight excluding hydrogens is 404 g/mol. The van der Waals surface area contributed by atoms with Gasteiger partial charge in [0.05, 0.1) is 18.1 Å². The summed E-state index contributed by atoms with van der Waals surface area (Å²) in [5.41, 5.74) is 0. The summed E-state index contributed by atoms with van der Waals surface area (Å²) >= 11 is 5.85. The maximum Gasteiger partial charge on any atom is 0.243 e. The number of hydrogen-bond acceptors (Lipinski definition) is 5. The Hall–Kier alpha value is -1.19. The normalized spacial score (nSPS) is 24.0. The second-order valence-electron chi connectivity index (χ2n) is 7.57. The smallest absolute Gasteiger partial charge is 0.243 e. The number of halogens is 1. The zero-order chi connectivity index (χ0) is 19.8. The Labute approximate surface area is 170 Å². The van der Waals surface area contributed by atoms with Crippen LogP contribution >= 0.6 is 11.6 Å². The van der Waals surface area contributed by atoms with Crippen LogP contribution in [0.15, 0.2) is 29.2 Å². The molecule has 3 saturated heterocycles. The monoisotopic (exact) mass is 428 g/mol. The van der Waals surface area contributed by atoms with E-state index in [4.69, 9.17) is 21.1 Å². The molecule has 1 spiro atoms. The van der Waals surface area contributed by atoms with E-state index in [2.05, 4.69) is 0 Å². The minimum Gasteiger partial charge on any atom is -0.347 e. The molecule has 0 atom stereocenters. The van der Waals surface area contributed by atoms with Gasteiger partial charge in [0.1, 0.15) is 0 Å². The third-order valence-electron chi connectivity index (χ3n) is 5.91. The van der Waals surface area contributed by atoms with E-state index in [1.165, 1.54) is 16.4 Å². The Balaban J connectivity index is 1.32. The number of benzene rings is 1. The number of carbonyl (C=O) groups excluding carboxylic acids is 1. The quantitative estimate of drug-likeness (QED) is 0.737. The van der Waals surface area contributed by atoms with Crippen LogP contribution in [0.1, 0.15) is 25.7 Å². The highest BCUT2D eigenvalue weighted by Gasteiger charge is 2.42. The van der Waals surface area contributed by atoms with E-state index >= 15 is 0 Å². The molecule has 0 N–H and O–H groups in total. The number of amides is 1. The third-order valence-corrected chi connectivity index (χ3v) is 8.07. The van der Waals surface area contributed by atoms with Crippen LogP contribution in [0.25, 0.3) is 0 Å². The molecule has 0 aromatic heterocycles. The van der Waals surface area contributed by atoms with Gasteiger partial charge in [-0.15, -0.1) is 0 Å². The Morgan fingerprint density at radius 3 is 2.14 bits per heavy atom. The number of piperidine rings is 2. The van der Waals surface area contributed by atoms with Gasteiger partial charge in [-0.25, -0.2) is 8.42 Å². The van der Waals surface area contributed by atoms with Crippen LogP contribution in [-0.2, 0) is 24.3 Å². The van der Waals surface area contributed by atoms with Crippen molar-refractivity contribution in [2.75, 3.05) is 39.4 Å². The lowest BCUT2D eigenvalue weighted by atomic mass is 9.94. The van der Waals surface area contributed by atoms with E-state index in [1.54, 1.807) is 12.1 Å². The number of rotatable bonds is 3. The molecule has 1 amide bonds. The predicted molar refractivity (Wildman–Crippen MR) is 103 cm³/mol. The van der Waals surface area contributed by atoms with Gasteiger partial charge < -0.3 is 14.4 Å². The molecule has 9 heteroatoms. The largest absolute Gasteiger partial charge is 0.347 e. The average molecular weight is 429 g/mol. The van der Waals surface area contributed by atoms with Crippen LogP contribution in [0.5, 0.6) is 0 Å². The van der Waals surface area contributed by atoms with E-state index in [0.717, 1.165) is 0 Å². The number of carbonyl (C=O) groups is 1. The maximum absolute atomic E-state index is 12.9. The van der Waals surface area contributed by atoms with Gasteiger partial charge in [-0.3, -0.25) is 4.79 Å². The molecule has 3 aliphatic rings. The van der Waals surface area contributed by atoms with E-state index < -0.39 is 15.8 Å². The van der Waals surface area contributed by atoms with Gasteiger partial charge in [0.15, 0.2) is 5.79 Å². The Morgan fingerprint density at radius 2 is 1.57 bits per heavy atom. The molecule has 7 nitrogen and oxygen atoms in total. The molecule has 0 bridgehead atoms. The Kier molecular flexibility index (Phi) is 5.68. The van der Waals surface area contributed by atoms with E-state index in [9.17, 15) is 13.2 Å². The molecule has 0 unspecified atom stereocenters. The van der Waals surface area contributed by atoms with Crippen molar-refractivity contribution in [1.29, 1.82) is 0 Å². The summed E-state index contributed by atoms with van der Waals surface area (Å²) in [5, 5.41) is 0.500. The second-order valence-corrected chi connectivity index (χ2v) is 9.94. The fraction of sp³-hybridized carbons (Fsp3) is 0.632. The molecule has 3 heterocycles. The van der Waals surface area contributed by atoms with E-state index in [-0.39, 0.29) is 16.7 Å². The zero-order valence-electron chi connectivity index (χ0n) is 15.7. The summed E-state index contributed by atoms with van der Waals surface area (Å²) < 4.78 is 38.5. The molecule has 3 fully saturated rings. The summed E-state index contributed by atoms with van der Waals surface area (Å²) in [5.74, 6) is -0.500. The summed E-state index contributed by atoms with van der Waals surface area (Å²) in [6.45, 7) is 3.20.